The van der Waals surface area contributed by atoms with Crippen LogP contribution in [0.4, 0.5) is 0 Å². The van der Waals surface area contributed by atoms with E-state index in [1.165, 1.54) is 0 Å². The van der Waals surface area contributed by atoms with Crippen molar-refractivity contribution in [2.75, 3.05) is 13.2 Å². The number of aliphatic hydroxyl groups excluding tert-OH is 1. The average Bonchev–Trinajstić information content (AvgIpc) is 3.53. The Morgan fingerprint density at radius 1 is 1.21 bits per heavy atom. The fraction of sp³-hybridized carbons (Fsp3) is 0.292. The fourth-order valence-electron chi connectivity index (χ4n) is 3.91. The number of amides is 1. The lowest BCUT2D eigenvalue weighted by Crippen LogP contribution is -2.48. The second kappa shape index (κ2) is 9.54. The smallest absolute Gasteiger partial charge is 0.270 e. The molecule has 0 spiro atoms. The summed E-state index contributed by atoms with van der Waals surface area (Å²) in [5.41, 5.74) is 3.76. The number of ether oxygens (including phenoxy) is 1. The Morgan fingerprint density at radius 3 is 2.82 bits per heavy atom. The third kappa shape index (κ3) is 4.87. The average molecular weight is 460 g/mol. The molecule has 0 radical (unpaired) electrons. The van der Waals surface area contributed by atoms with Crippen LogP contribution in [0.15, 0.2) is 61.2 Å². The number of nitrogens with zero attached hydrogens (tertiary/aromatic N) is 6. The normalized spacial score (nSPS) is 18.1. The molecule has 1 amide bonds. The van der Waals surface area contributed by atoms with Crippen LogP contribution in [0.5, 0.6) is 0 Å². The van der Waals surface area contributed by atoms with Crippen LogP contribution >= 0.6 is 0 Å². The summed E-state index contributed by atoms with van der Waals surface area (Å²) in [6.45, 7) is 0.702. The molecule has 0 bridgehead atoms. The number of pyridine rings is 2. The number of carbonyl (C=O) groups excluding carboxylic acids is 1. The van der Waals surface area contributed by atoms with Crippen molar-refractivity contribution in [3.05, 3.63) is 78.0 Å². The van der Waals surface area contributed by atoms with Crippen molar-refractivity contribution in [2.24, 2.45) is 7.05 Å². The van der Waals surface area contributed by atoms with E-state index in [1.54, 1.807) is 33.9 Å². The van der Waals surface area contributed by atoms with Gasteiger partial charge in [-0.2, -0.15) is 10.2 Å². The van der Waals surface area contributed by atoms with Gasteiger partial charge >= 0.3 is 0 Å². The second-order valence-electron chi connectivity index (χ2n) is 8.28. The Labute approximate surface area is 196 Å². The molecule has 1 saturated heterocycles. The third-order valence-corrected chi connectivity index (χ3v) is 5.70. The van der Waals surface area contributed by atoms with Crippen LogP contribution in [0.1, 0.15) is 28.0 Å². The standard InChI is InChI=1S/C24H25N7O3/c1-30-9-5-19(29-30)18-4-3-16(14-25-18)11-17-12-21(27-23(13-17)31-8-2-7-26-31)24(33)28-20-6-10-34-15-22(20)32/h2-5,7-9,12-14,20,22,32H,6,10-11,15H2,1H3,(H,28,33)/t20-,22-/m0/s1. The molecular weight excluding hydrogens is 434 g/mol. The van der Waals surface area contributed by atoms with E-state index in [4.69, 9.17) is 4.74 Å². The highest BCUT2D eigenvalue weighted by Crippen LogP contribution is 2.18. The highest BCUT2D eigenvalue weighted by atomic mass is 16.5. The van der Waals surface area contributed by atoms with E-state index in [9.17, 15) is 9.90 Å². The van der Waals surface area contributed by atoms with E-state index in [0.29, 0.717) is 25.3 Å². The summed E-state index contributed by atoms with van der Waals surface area (Å²) in [6.07, 6.45) is 7.50. The predicted molar refractivity (Wildman–Crippen MR) is 123 cm³/mol. The number of carbonyl (C=O) groups is 1. The SMILES string of the molecule is Cn1ccc(-c2ccc(Cc3cc(C(=O)N[C@H]4CCOC[C@@H]4O)nc(-n4cccn4)c3)cn2)n1. The number of aromatic nitrogens is 6. The highest BCUT2D eigenvalue weighted by Gasteiger charge is 2.26. The Morgan fingerprint density at radius 2 is 2.12 bits per heavy atom. The molecule has 1 fully saturated rings. The van der Waals surface area contributed by atoms with Gasteiger partial charge < -0.3 is 15.2 Å². The van der Waals surface area contributed by atoms with E-state index in [1.807, 2.05) is 43.7 Å². The molecule has 10 nitrogen and oxygen atoms in total. The zero-order chi connectivity index (χ0) is 23.5. The van der Waals surface area contributed by atoms with Crippen LogP contribution in [0, 0.1) is 0 Å². The summed E-state index contributed by atoms with van der Waals surface area (Å²) >= 11 is 0. The van der Waals surface area contributed by atoms with E-state index < -0.39 is 6.10 Å². The van der Waals surface area contributed by atoms with Crippen molar-refractivity contribution in [3.8, 4) is 17.2 Å². The van der Waals surface area contributed by atoms with Gasteiger partial charge in [0, 0.05) is 38.4 Å². The number of rotatable bonds is 6. The summed E-state index contributed by atoms with van der Waals surface area (Å²) in [5, 5.41) is 21.7. The minimum atomic E-state index is -0.741. The quantitative estimate of drug-likeness (QED) is 0.449. The van der Waals surface area contributed by atoms with Crippen molar-refractivity contribution in [3.63, 3.8) is 0 Å². The Bertz CT molecular complexity index is 1270. The minimum Gasteiger partial charge on any atom is -0.389 e. The largest absolute Gasteiger partial charge is 0.389 e. The molecular formula is C24H25N7O3. The van der Waals surface area contributed by atoms with Crippen LogP contribution in [0.3, 0.4) is 0 Å². The molecule has 0 aromatic carbocycles. The molecule has 0 unspecified atom stereocenters. The number of hydrogen-bond donors (Lipinski definition) is 2. The summed E-state index contributed by atoms with van der Waals surface area (Å²) in [7, 11) is 1.87. The van der Waals surface area contributed by atoms with Gasteiger partial charge in [-0.1, -0.05) is 6.07 Å². The van der Waals surface area contributed by atoms with Gasteiger partial charge in [0.25, 0.3) is 5.91 Å². The first-order valence-electron chi connectivity index (χ1n) is 11.1. The van der Waals surface area contributed by atoms with Gasteiger partial charge in [0.1, 0.15) is 11.4 Å². The van der Waals surface area contributed by atoms with Crippen LogP contribution in [-0.4, -0.2) is 65.9 Å². The first-order valence-corrected chi connectivity index (χ1v) is 11.1. The van der Waals surface area contributed by atoms with E-state index in [-0.39, 0.29) is 24.2 Å². The van der Waals surface area contributed by atoms with Crippen LogP contribution in [-0.2, 0) is 18.2 Å². The molecule has 10 heteroatoms. The predicted octanol–water partition coefficient (Wildman–Crippen LogP) is 1.53. The summed E-state index contributed by atoms with van der Waals surface area (Å²) in [5.74, 6) is 0.197. The maximum absolute atomic E-state index is 13.0. The molecule has 4 aromatic heterocycles. The molecule has 0 saturated carbocycles. The number of hydrogen-bond acceptors (Lipinski definition) is 7. The van der Waals surface area contributed by atoms with Crippen LogP contribution in [0.25, 0.3) is 17.2 Å². The van der Waals surface area contributed by atoms with Crippen molar-refractivity contribution in [1.82, 2.24) is 34.8 Å². The Kier molecular flexibility index (Phi) is 6.15. The van der Waals surface area contributed by atoms with Crippen molar-refractivity contribution in [2.45, 2.75) is 25.0 Å². The van der Waals surface area contributed by atoms with Crippen LogP contribution < -0.4 is 5.32 Å². The van der Waals surface area contributed by atoms with Crippen LogP contribution in [0.2, 0.25) is 0 Å². The van der Waals surface area contributed by atoms with Gasteiger partial charge in [-0.15, -0.1) is 0 Å². The van der Waals surface area contributed by atoms with E-state index in [2.05, 4.69) is 25.5 Å². The summed E-state index contributed by atoms with van der Waals surface area (Å²) in [4.78, 5) is 22.1. The van der Waals surface area contributed by atoms with Crippen molar-refractivity contribution >= 4 is 5.91 Å². The van der Waals surface area contributed by atoms with Gasteiger partial charge in [-0.3, -0.25) is 14.5 Å². The molecule has 4 aromatic rings. The van der Waals surface area contributed by atoms with Gasteiger partial charge in [0.15, 0.2) is 5.82 Å². The van der Waals surface area contributed by atoms with Gasteiger partial charge in [-0.25, -0.2) is 9.67 Å². The molecule has 2 atom stereocenters. The fourth-order valence-corrected chi connectivity index (χ4v) is 3.91. The van der Waals surface area contributed by atoms with E-state index >= 15 is 0 Å². The molecule has 2 N–H and O–H groups in total. The number of aryl methyl sites for hydroxylation is 1. The number of nitrogens with one attached hydrogen (secondary N) is 1. The van der Waals surface area contributed by atoms with Gasteiger partial charge in [0.05, 0.1) is 24.4 Å². The second-order valence-corrected chi connectivity index (χ2v) is 8.28. The first kappa shape index (κ1) is 21.9. The first-order chi connectivity index (χ1) is 16.5. The van der Waals surface area contributed by atoms with E-state index in [0.717, 1.165) is 22.5 Å². The van der Waals surface area contributed by atoms with Crippen molar-refractivity contribution < 1.29 is 14.6 Å². The molecule has 5 heterocycles. The molecule has 5 rings (SSSR count). The lowest BCUT2D eigenvalue weighted by molar-refractivity contribution is -0.0261. The molecule has 34 heavy (non-hydrogen) atoms. The maximum Gasteiger partial charge on any atom is 0.270 e. The summed E-state index contributed by atoms with van der Waals surface area (Å²) < 4.78 is 8.61. The topological polar surface area (TPSA) is 120 Å². The molecule has 1 aliphatic rings. The lowest BCUT2D eigenvalue weighted by Gasteiger charge is -2.28. The van der Waals surface area contributed by atoms with Gasteiger partial charge in [0.2, 0.25) is 0 Å². The molecule has 0 aliphatic carbocycles. The van der Waals surface area contributed by atoms with Crippen molar-refractivity contribution in [1.29, 1.82) is 0 Å². The Hall–Kier alpha value is -3.89. The zero-order valence-corrected chi connectivity index (χ0v) is 18.7. The summed E-state index contributed by atoms with van der Waals surface area (Å²) in [6, 6.07) is 11.0. The Balaban J connectivity index is 1.40. The maximum atomic E-state index is 13.0. The minimum absolute atomic E-state index is 0.207. The number of aliphatic hydroxyl groups is 1. The third-order valence-electron chi connectivity index (χ3n) is 5.70. The lowest BCUT2D eigenvalue weighted by atomic mass is 10.0. The van der Waals surface area contributed by atoms with Gasteiger partial charge in [-0.05, 0) is 54.3 Å². The molecule has 174 valence electrons. The molecule has 1 aliphatic heterocycles. The highest BCUT2D eigenvalue weighted by molar-refractivity contribution is 5.93. The monoisotopic (exact) mass is 459 g/mol. The zero-order valence-electron chi connectivity index (χ0n) is 18.7.